The molecule has 0 bridgehead atoms. The summed E-state index contributed by atoms with van der Waals surface area (Å²) in [6.07, 6.45) is 8.88. The maximum Gasteiger partial charge on any atom is 0.186 e. The van der Waals surface area contributed by atoms with Crippen LogP contribution in [0.3, 0.4) is 0 Å². The van der Waals surface area contributed by atoms with Crippen molar-refractivity contribution in [3.63, 3.8) is 0 Å². The number of hydrogen-bond donors (Lipinski definition) is 1. The first-order valence-corrected chi connectivity index (χ1v) is 14.0. The van der Waals surface area contributed by atoms with E-state index in [4.69, 9.17) is 4.74 Å². The summed E-state index contributed by atoms with van der Waals surface area (Å²) in [6, 6.07) is 2.44. The van der Waals surface area contributed by atoms with Gasteiger partial charge in [0.15, 0.2) is 17.4 Å². The molecule has 4 aliphatic carbocycles. The molecule has 1 heterocycles. The second-order valence-corrected chi connectivity index (χ2v) is 13.1. The number of aliphatic hydroxyl groups is 1. The fourth-order valence-electron chi connectivity index (χ4n) is 9.68. The Morgan fingerprint density at radius 1 is 1.11 bits per heavy atom. The van der Waals surface area contributed by atoms with Crippen LogP contribution in [-0.4, -0.2) is 45.2 Å². The molecule has 8 heteroatoms. The van der Waals surface area contributed by atoms with Crippen molar-refractivity contribution < 1.29 is 23.4 Å². The van der Waals surface area contributed by atoms with E-state index >= 15 is 0 Å². The lowest BCUT2D eigenvalue weighted by Crippen LogP contribution is -2.58. The highest BCUT2D eigenvalue weighted by atomic mass is 19.2. The molecule has 1 N–H and O–H groups in total. The molecule has 0 aliphatic heterocycles. The highest BCUT2D eigenvalue weighted by Crippen LogP contribution is 2.68. The summed E-state index contributed by atoms with van der Waals surface area (Å²) < 4.78 is 35.5. The van der Waals surface area contributed by atoms with Crippen LogP contribution in [0.15, 0.2) is 12.1 Å². The summed E-state index contributed by atoms with van der Waals surface area (Å²) in [4.78, 5) is 13.7. The number of carbonyl (C=O) groups excluding carboxylic acids is 1. The number of methoxy groups -OCH3 is 1. The number of fused-ring (bicyclic) bond motifs is 6. The molecule has 0 saturated heterocycles. The minimum absolute atomic E-state index is 0.0373. The van der Waals surface area contributed by atoms with E-state index < -0.39 is 17.2 Å². The van der Waals surface area contributed by atoms with Crippen molar-refractivity contribution >= 4 is 16.8 Å². The third-order valence-electron chi connectivity index (χ3n) is 11.3. The van der Waals surface area contributed by atoms with E-state index in [1.807, 2.05) is 14.0 Å². The van der Waals surface area contributed by atoms with Crippen molar-refractivity contribution in [1.82, 2.24) is 15.0 Å². The van der Waals surface area contributed by atoms with Crippen LogP contribution in [0.1, 0.15) is 71.6 Å². The Kier molecular flexibility index (Phi) is 6.03. The fraction of sp³-hybridized carbons (Fsp3) is 0.759. The Morgan fingerprint density at radius 3 is 2.70 bits per heavy atom. The molecule has 4 aliphatic rings. The number of rotatable bonds is 5. The highest BCUT2D eigenvalue weighted by molar-refractivity contribution is 5.84. The first-order chi connectivity index (χ1) is 17.6. The third-order valence-corrected chi connectivity index (χ3v) is 11.3. The maximum atomic E-state index is 14.5. The smallest absolute Gasteiger partial charge is 0.186 e. The Bertz CT molecular complexity index is 1210. The number of benzene rings is 1. The summed E-state index contributed by atoms with van der Waals surface area (Å²) in [5.41, 5.74) is -0.347. The number of ether oxygens (including phenoxy) is 1. The van der Waals surface area contributed by atoms with Gasteiger partial charge in [-0.05, 0) is 111 Å². The van der Waals surface area contributed by atoms with Gasteiger partial charge in [-0.1, -0.05) is 12.1 Å². The van der Waals surface area contributed by atoms with Crippen molar-refractivity contribution in [2.45, 2.75) is 83.8 Å². The first-order valence-electron chi connectivity index (χ1n) is 14.0. The van der Waals surface area contributed by atoms with Crippen LogP contribution in [0, 0.1) is 52.1 Å². The largest absolute Gasteiger partial charge is 0.390 e. The summed E-state index contributed by atoms with van der Waals surface area (Å²) in [5.74, 6) is 0.0498. The van der Waals surface area contributed by atoms with E-state index in [9.17, 15) is 18.7 Å². The lowest BCUT2D eigenvalue weighted by molar-refractivity contribution is -0.175. The van der Waals surface area contributed by atoms with E-state index in [1.54, 1.807) is 0 Å². The van der Waals surface area contributed by atoms with Gasteiger partial charge in [-0.15, -0.1) is 5.10 Å². The molecule has 6 rings (SSSR count). The quantitative estimate of drug-likeness (QED) is 0.584. The third kappa shape index (κ3) is 3.80. The number of ketones is 1. The van der Waals surface area contributed by atoms with Gasteiger partial charge in [-0.2, -0.15) is 0 Å². The second kappa shape index (κ2) is 8.80. The van der Waals surface area contributed by atoms with Gasteiger partial charge in [0.1, 0.15) is 17.6 Å². The number of aromatic nitrogens is 3. The number of nitrogens with zero attached hydrogens (tertiary/aromatic N) is 3. The van der Waals surface area contributed by atoms with E-state index in [1.165, 1.54) is 10.7 Å². The second-order valence-electron chi connectivity index (χ2n) is 13.1. The minimum Gasteiger partial charge on any atom is -0.390 e. The SMILES string of the molecule is COC[C@]12CC[C@@](C)(O)C[C@@H]1CC[C@H]1[C@@H]3CC[C@H](C(=O)Cn4nnc5ccc(F)c(F)c54)[C@@]3(C)CC[C@@H]12. The van der Waals surface area contributed by atoms with Crippen molar-refractivity contribution in [1.29, 1.82) is 0 Å². The van der Waals surface area contributed by atoms with Gasteiger partial charge in [0.25, 0.3) is 0 Å². The zero-order valence-corrected chi connectivity index (χ0v) is 22.2. The number of Topliss-reactive ketones (excluding diaryl/α,β-unsaturated/α-hetero) is 1. The van der Waals surface area contributed by atoms with Crippen LogP contribution >= 0.6 is 0 Å². The van der Waals surface area contributed by atoms with Crippen LogP contribution < -0.4 is 0 Å². The molecular formula is C29H39F2N3O3. The van der Waals surface area contributed by atoms with Gasteiger partial charge in [0.05, 0.1) is 12.2 Å². The fourth-order valence-corrected chi connectivity index (χ4v) is 9.68. The van der Waals surface area contributed by atoms with Crippen LogP contribution in [0.2, 0.25) is 0 Å². The average Bonchev–Trinajstić information content (AvgIpc) is 3.42. The molecule has 37 heavy (non-hydrogen) atoms. The first kappa shape index (κ1) is 25.4. The van der Waals surface area contributed by atoms with Crippen LogP contribution in [0.5, 0.6) is 0 Å². The van der Waals surface area contributed by atoms with Crippen LogP contribution in [-0.2, 0) is 16.1 Å². The molecule has 8 atom stereocenters. The average molecular weight is 516 g/mol. The zero-order valence-electron chi connectivity index (χ0n) is 22.2. The molecule has 4 saturated carbocycles. The molecule has 1 aromatic heterocycles. The predicted molar refractivity (Wildman–Crippen MR) is 134 cm³/mol. The molecule has 0 spiro atoms. The van der Waals surface area contributed by atoms with Crippen molar-refractivity contribution in [3.8, 4) is 0 Å². The van der Waals surface area contributed by atoms with Crippen molar-refractivity contribution in [2.24, 2.45) is 40.4 Å². The Balaban J connectivity index is 1.25. The number of carbonyl (C=O) groups is 1. The molecule has 0 unspecified atom stereocenters. The normalized spacial score (nSPS) is 41.3. The topological polar surface area (TPSA) is 77.2 Å². The molecule has 6 nitrogen and oxygen atoms in total. The molecule has 1 aromatic carbocycles. The van der Waals surface area contributed by atoms with E-state index in [0.717, 1.165) is 70.5 Å². The summed E-state index contributed by atoms with van der Waals surface area (Å²) in [7, 11) is 1.81. The molecule has 4 fully saturated rings. The standard InChI is InChI=1S/C29H39F2N3O3/c1-27(36)12-13-29(16-37-3)17(14-27)4-5-18-19-6-7-21(28(19,2)11-10-20(18)29)24(35)15-34-26-23(32-33-34)9-8-22(30)25(26)31/h8-9,17-21,36H,4-7,10-16H2,1-3H3/t17-,18-,19-,20-,21+,27+,28-,29+/m0/s1. The van der Waals surface area contributed by atoms with Gasteiger partial charge in [0, 0.05) is 13.0 Å². The zero-order chi connectivity index (χ0) is 26.2. The molecular weight excluding hydrogens is 476 g/mol. The maximum absolute atomic E-state index is 14.5. The van der Waals surface area contributed by atoms with Crippen LogP contribution in [0.4, 0.5) is 8.78 Å². The minimum atomic E-state index is -1.00. The van der Waals surface area contributed by atoms with Gasteiger partial charge in [-0.3, -0.25) is 4.79 Å². The molecule has 2 aromatic rings. The van der Waals surface area contributed by atoms with Crippen LogP contribution in [0.25, 0.3) is 11.0 Å². The summed E-state index contributed by atoms with van der Waals surface area (Å²) >= 11 is 0. The predicted octanol–water partition coefficient (Wildman–Crippen LogP) is 5.32. The molecule has 0 radical (unpaired) electrons. The summed E-state index contributed by atoms with van der Waals surface area (Å²) in [5, 5.41) is 18.8. The Labute approximate surface area is 217 Å². The molecule has 0 amide bonds. The monoisotopic (exact) mass is 515 g/mol. The number of halogens is 2. The van der Waals surface area contributed by atoms with E-state index in [0.29, 0.717) is 23.7 Å². The van der Waals surface area contributed by atoms with Crippen molar-refractivity contribution in [3.05, 3.63) is 23.8 Å². The number of hydrogen-bond acceptors (Lipinski definition) is 5. The Hall–Kier alpha value is -1.93. The van der Waals surface area contributed by atoms with Gasteiger partial charge in [0.2, 0.25) is 0 Å². The highest BCUT2D eigenvalue weighted by Gasteiger charge is 2.63. The Morgan fingerprint density at radius 2 is 1.92 bits per heavy atom. The van der Waals surface area contributed by atoms with Crippen molar-refractivity contribution in [2.75, 3.05) is 13.7 Å². The lowest BCUT2D eigenvalue weighted by atomic mass is 9.43. The summed E-state index contributed by atoms with van der Waals surface area (Å²) in [6.45, 7) is 4.95. The molecule has 202 valence electrons. The van der Waals surface area contributed by atoms with Gasteiger partial charge >= 0.3 is 0 Å². The lowest BCUT2D eigenvalue weighted by Gasteiger charge is -2.62. The van der Waals surface area contributed by atoms with Gasteiger partial charge in [-0.25, -0.2) is 13.5 Å². The van der Waals surface area contributed by atoms with E-state index in [-0.39, 0.29) is 40.1 Å². The van der Waals surface area contributed by atoms with Gasteiger partial charge < -0.3 is 9.84 Å². The van der Waals surface area contributed by atoms with E-state index in [2.05, 4.69) is 17.2 Å².